The SMILES string of the molecule is CC#C[C@@H](CC(=O)O)c1ccc(OCc2ccc(CBr)cc2)cc1. The van der Waals surface area contributed by atoms with Gasteiger partial charge in [0.2, 0.25) is 0 Å². The number of aliphatic carboxylic acids is 1. The third kappa shape index (κ3) is 5.43. The van der Waals surface area contributed by atoms with Crippen molar-refractivity contribution in [1.29, 1.82) is 0 Å². The summed E-state index contributed by atoms with van der Waals surface area (Å²) in [4.78, 5) is 10.9. The van der Waals surface area contributed by atoms with Crippen LogP contribution >= 0.6 is 15.9 Å². The topological polar surface area (TPSA) is 46.5 Å². The van der Waals surface area contributed by atoms with Gasteiger partial charge in [0.15, 0.2) is 0 Å². The number of alkyl halides is 1. The summed E-state index contributed by atoms with van der Waals surface area (Å²) < 4.78 is 5.78. The van der Waals surface area contributed by atoms with Gasteiger partial charge in [0.1, 0.15) is 12.4 Å². The molecule has 0 aliphatic heterocycles. The van der Waals surface area contributed by atoms with E-state index in [-0.39, 0.29) is 12.3 Å². The molecule has 2 rings (SSSR count). The van der Waals surface area contributed by atoms with Gasteiger partial charge < -0.3 is 9.84 Å². The van der Waals surface area contributed by atoms with E-state index < -0.39 is 5.97 Å². The Hall–Kier alpha value is -2.25. The molecule has 0 aliphatic carbocycles. The number of hydrogen-bond acceptors (Lipinski definition) is 2. The zero-order valence-corrected chi connectivity index (χ0v) is 15.0. The number of halogens is 1. The third-order valence-corrected chi connectivity index (χ3v) is 4.21. The Labute approximate surface area is 150 Å². The second kappa shape index (κ2) is 9.14. The van der Waals surface area contributed by atoms with E-state index in [1.807, 2.05) is 36.4 Å². The summed E-state index contributed by atoms with van der Waals surface area (Å²) in [6, 6.07) is 15.7. The molecule has 0 unspecified atom stereocenters. The van der Waals surface area contributed by atoms with Crippen molar-refractivity contribution in [2.24, 2.45) is 0 Å². The predicted octanol–water partition coefficient (Wildman–Crippen LogP) is 4.74. The molecule has 0 amide bonds. The van der Waals surface area contributed by atoms with Crippen LogP contribution in [0.15, 0.2) is 48.5 Å². The van der Waals surface area contributed by atoms with Gasteiger partial charge in [-0.2, -0.15) is 0 Å². The van der Waals surface area contributed by atoms with Crippen LogP contribution in [0.1, 0.15) is 36.0 Å². The maximum atomic E-state index is 10.9. The second-order valence-corrected chi connectivity index (χ2v) is 5.91. The monoisotopic (exact) mass is 386 g/mol. The van der Waals surface area contributed by atoms with Crippen molar-refractivity contribution in [3.8, 4) is 17.6 Å². The minimum Gasteiger partial charge on any atom is -0.489 e. The Balaban J connectivity index is 1.99. The number of ether oxygens (including phenoxy) is 1. The first-order chi connectivity index (χ1) is 11.6. The van der Waals surface area contributed by atoms with Crippen LogP contribution in [-0.4, -0.2) is 11.1 Å². The summed E-state index contributed by atoms with van der Waals surface area (Å²) in [6.07, 6.45) is 0.000956. The smallest absolute Gasteiger partial charge is 0.304 e. The van der Waals surface area contributed by atoms with Crippen molar-refractivity contribution in [3.63, 3.8) is 0 Å². The number of carbonyl (C=O) groups is 1. The molecule has 0 radical (unpaired) electrons. The maximum absolute atomic E-state index is 10.9. The molecule has 124 valence electrons. The fourth-order valence-electron chi connectivity index (χ4n) is 2.29. The van der Waals surface area contributed by atoms with Gasteiger partial charge in [-0.15, -0.1) is 5.92 Å². The molecule has 1 N–H and O–H groups in total. The number of carboxylic acids is 1. The highest BCUT2D eigenvalue weighted by molar-refractivity contribution is 9.08. The van der Waals surface area contributed by atoms with Crippen LogP contribution < -0.4 is 4.74 Å². The van der Waals surface area contributed by atoms with Gasteiger partial charge in [-0.05, 0) is 35.7 Å². The zero-order valence-electron chi connectivity index (χ0n) is 13.5. The third-order valence-electron chi connectivity index (χ3n) is 3.56. The number of rotatable bonds is 7. The quantitative estimate of drug-likeness (QED) is 0.551. The Morgan fingerprint density at radius 2 is 1.75 bits per heavy atom. The minimum absolute atomic E-state index is 0.000956. The van der Waals surface area contributed by atoms with Crippen molar-refractivity contribution in [2.75, 3.05) is 0 Å². The summed E-state index contributed by atoms with van der Waals surface area (Å²) in [5.41, 5.74) is 3.22. The first kappa shape index (κ1) is 18.1. The van der Waals surface area contributed by atoms with Gasteiger partial charge in [0.05, 0.1) is 12.3 Å². The first-order valence-corrected chi connectivity index (χ1v) is 8.75. The summed E-state index contributed by atoms with van der Waals surface area (Å²) in [5.74, 6) is 5.34. The molecule has 3 nitrogen and oxygen atoms in total. The molecule has 0 heterocycles. The van der Waals surface area contributed by atoms with Crippen molar-refractivity contribution in [3.05, 3.63) is 65.2 Å². The van der Waals surface area contributed by atoms with Gasteiger partial charge >= 0.3 is 5.97 Å². The lowest BCUT2D eigenvalue weighted by atomic mass is 9.96. The molecule has 0 spiro atoms. The molecule has 2 aromatic carbocycles. The summed E-state index contributed by atoms with van der Waals surface area (Å²) in [7, 11) is 0. The van der Waals surface area contributed by atoms with Crippen LogP contribution in [0.4, 0.5) is 0 Å². The molecular weight excluding hydrogens is 368 g/mol. The van der Waals surface area contributed by atoms with Crippen molar-refractivity contribution in [2.45, 2.75) is 31.2 Å². The highest BCUT2D eigenvalue weighted by atomic mass is 79.9. The van der Waals surface area contributed by atoms with Crippen LogP contribution in [0, 0.1) is 11.8 Å². The van der Waals surface area contributed by atoms with E-state index in [0.29, 0.717) is 6.61 Å². The Bertz CT molecular complexity index is 724. The molecule has 1 atom stereocenters. The van der Waals surface area contributed by atoms with Crippen LogP contribution in [0.3, 0.4) is 0 Å². The van der Waals surface area contributed by atoms with Crippen LogP contribution in [0.2, 0.25) is 0 Å². The van der Waals surface area contributed by atoms with Gasteiger partial charge in [0.25, 0.3) is 0 Å². The average molecular weight is 387 g/mol. The lowest BCUT2D eigenvalue weighted by Gasteiger charge is -2.11. The molecule has 0 bridgehead atoms. The van der Waals surface area contributed by atoms with Gasteiger partial charge in [-0.25, -0.2) is 0 Å². The van der Waals surface area contributed by atoms with E-state index in [0.717, 1.165) is 22.2 Å². The van der Waals surface area contributed by atoms with E-state index >= 15 is 0 Å². The van der Waals surface area contributed by atoms with Crippen LogP contribution in [0.5, 0.6) is 5.75 Å². The summed E-state index contributed by atoms with van der Waals surface area (Å²) >= 11 is 3.42. The predicted molar refractivity (Wildman–Crippen MR) is 98.3 cm³/mol. The summed E-state index contributed by atoms with van der Waals surface area (Å²) in [5, 5.41) is 9.82. The number of hydrogen-bond donors (Lipinski definition) is 1. The molecule has 0 saturated heterocycles. The normalized spacial score (nSPS) is 11.2. The zero-order chi connectivity index (χ0) is 17.4. The lowest BCUT2D eigenvalue weighted by molar-refractivity contribution is -0.137. The molecule has 2 aromatic rings. The largest absolute Gasteiger partial charge is 0.489 e. The molecule has 0 fully saturated rings. The van der Waals surface area contributed by atoms with E-state index in [2.05, 4.69) is 39.9 Å². The van der Waals surface area contributed by atoms with Crippen molar-refractivity contribution < 1.29 is 14.6 Å². The van der Waals surface area contributed by atoms with Crippen molar-refractivity contribution >= 4 is 21.9 Å². The highest BCUT2D eigenvalue weighted by Crippen LogP contribution is 2.22. The Morgan fingerprint density at radius 1 is 1.12 bits per heavy atom. The van der Waals surface area contributed by atoms with E-state index in [1.54, 1.807) is 6.92 Å². The molecular formula is C20H19BrO3. The van der Waals surface area contributed by atoms with E-state index in [1.165, 1.54) is 5.56 Å². The molecule has 0 saturated carbocycles. The fraction of sp³-hybridized carbons (Fsp3) is 0.250. The first-order valence-electron chi connectivity index (χ1n) is 7.63. The van der Waals surface area contributed by atoms with Gasteiger partial charge in [0, 0.05) is 5.33 Å². The standard InChI is InChI=1S/C20H19BrO3/c1-2-3-18(12-20(22)23)17-8-10-19(11-9-17)24-14-16-6-4-15(13-21)5-7-16/h4-11,18H,12-14H2,1H3,(H,22,23)/t18-/m0/s1. The molecule has 4 heteroatoms. The van der Waals surface area contributed by atoms with Crippen molar-refractivity contribution in [1.82, 2.24) is 0 Å². The molecule has 0 aliphatic rings. The highest BCUT2D eigenvalue weighted by Gasteiger charge is 2.13. The maximum Gasteiger partial charge on any atom is 0.304 e. The Kier molecular flexibility index (Phi) is 6.89. The lowest BCUT2D eigenvalue weighted by Crippen LogP contribution is -2.04. The minimum atomic E-state index is -0.852. The van der Waals surface area contributed by atoms with E-state index in [4.69, 9.17) is 9.84 Å². The van der Waals surface area contributed by atoms with Crippen LogP contribution in [-0.2, 0) is 16.7 Å². The Morgan fingerprint density at radius 3 is 2.29 bits per heavy atom. The number of benzene rings is 2. The fourth-order valence-corrected chi connectivity index (χ4v) is 2.66. The van der Waals surface area contributed by atoms with Gasteiger partial charge in [-0.3, -0.25) is 4.79 Å². The van der Waals surface area contributed by atoms with Crippen LogP contribution in [0.25, 0.3) is 0 Å². The molecule has 24 heavy (non-hydrogen) atoms. The number of carboxylic acid groups (broad SMARTS) is 1. The second-order valence-electron chi connectivity index (χ2n) is 5.35. The van der Waals surface area contributed by atoms with Gasteiger partial charge in [-0.1, -0.05) is 58.2 Å². The average Bonchev–Trinajstić information content (AvgIpc) is 2.60. The van der Waals surface area contributed by atoms with E-state index in [9.17, 15) is 4.79 Å². The molecule has 0 aromatic heterocycles. The summed E-state index contributed by atoms with van der Waals surface area (Å²) in [6.45, 7) is 2.21.